The summed E-state index contributed by atoms with van der Waals surface area (Å²) in [5.74, 6) is 1.65. The van der Waals surface area contributed by atoms with Crippen molar-refractivity contribution in [2.75, 3.05) is 13.1 Å². The van der Waals surface area contributed by atoms with Crippen molar-refractivity contribution < 1.29 is 4.79 Å². The second-order valence-electron chi connectivity index (χ2n) is 4.95. The molecule has 0 bridgehead atoms. The van der Waals surface area contributed by atoms with Gasteiger partial charge >= 0.3 is 0 Å². The van der Waals surface area contributed by atoms with Crippen LogP contribution in [-0.2, 0) is 4.79 Å². The molecule has 1 aliphatic heterocycles. The molecule has 94 valence electrons. The number of likely N-dealkylation sites (N-methyl/N-ethyl adjacent to an activating group) is 1. The van der Waals surface area contributed by atoms with Crippen LogP contribution >= 0.6 is 0 Å². The van der Waals surface area contributed by atoms with Crippen LogP contribution in [0.25, 0.3) is 0 Å². The normalized spacial score (nSPS) is 27.4. The Morgan fingerprint density at radius 3 is 2.88 bits per heavy atom. The summed E-state index contributed by atoms with van der Waals surface area (Å²) in [5.41, 5.74) is 0. The number of nitrogens with one attached hydrogen (secondary N) is 2. The summed E-state index contributed by atoms with van der Waals surface area (Å²) in [4.78, 5) is 11.8. The Labute approximate surface area is 99.4 Å². The fourth-order valence-electron chi connectivity index (χ4n) is 2.65. The highest BCUT2D eigenvalue weighted by Crippen LogP contribution is 2.27. The molecule has 0 spiro atoms. The summed E-state index contributed by atoms with van der Waals surface area (Å²) >= 11 is 0. The molecule has 1 fully saturated rings. The Morgan fingerprint density at radius 1 is 1.50 bits per heavy atom. The van der Waals surface area contributed by atoms with Crippen molar-refractivity contribution in [3.05, 3.63) is 0 Å². The van der Waals surface area contributed by atoms with Gasteiger partial charge in [0.1, 0.15) is 0 Å². The first-order valence-electron chi connectivity index (χ1n) is 6.70. The predicted molar refractivity (Wildman–Crippen MR) is 67.3 cm³/mol. The molecule has 16 heavy (non-hydrogen) atoms. The lowest BCUT2D eigenvalue weighted by molar-refractivity contribution is -0.124. The summed E-state index contributed by atoms with van der Waals surface area (Å²) in [6, 6.07) is 0.0398. The van der Waals surface area contributed by atoms with Crippen molar-refractivity contribution in [2.24, 2.45) is 11.8 Å². The van der Waals surface area contributed by atoms with Gasteiger partial charge in [-0.15, -0.1) is 0 Å². The highest BCUT2D eigenvalue weighted by atomic mass is 16.2. The average Bonchev–Trinajstić information content (AvgIpc) is 2.30. The predicted octanol–water partition coefficient (Wildman–Crippen LogP) is 1.93. The standard InChI is InChI=1S/C13H26N2O/c1-4-6-10(3)11-7-8-15-12(9-11)13(16)14-5-2/h10-12,15H,4-9H2,1-3H3,(H,14,16). The molecule has 2 N–H and O–H groups in total. The van der Waals surface area contributed by atoms with E-state index in [0.29, 0.717) is 5.92 Å². The topological polar surface area (TPSA) is 41.1 Å². The van der Waals surface area contributed by atoms with Crippen molar-refractivity contribution in [3.63, 3.8) is 0 Å². The Morgan fingerprint density at radius 2 is 2.25 bits per heavy atom. The zero-order chi connectivity index (χ0) is 12.0. The smallest absolute Gasteiger partial charge is 0.237 e. The van der Waals surface area contributed by atoms with Crippen LogP contribution in [0.15, 0.2) is 0 Å². The molecule has 0 aromatic heterocycles. The Bertz CT molecular complexity index is 218. The average molecular weight is 226 g/mol. The maximum absolute atomic E-state index is 11.8. The third kappa shape index (κ3) is 3.78. The molecule has 1 aliphatic rings. The minimum absolute atomic E-state index is 0.0398. The molecule has 1 rings (SSSR count). The molecule has 0 aliphatic carbocycles. The minimum atomic E-state index is 0.0398. The van der Waals surface area contributed by atoms with Crippen LogP contribution in [0.2, 0.25) is 0 Å². The second kappa shape index (κ2) is 6.89. The van der Waals surface area contributed by atoms with Gasteiger partial charge in [0.25, 0.3) is 0 Å². The van der Waals surface area contributed by atoms with E-state index in [4.69, 9.17) is 0 Å². The summed E-state index contributed by atoms with van der Waals surface area (Å²) in [6.45, 7) is 8.25. The molecule has 3 nitrogen and oxygen atoms in total. The quantitative estimate of drug-likeness (QED) is 0.752. The van der Waals surface area contributed by atoms with Crippen molar-refractivity contribution in [1.82, 2.24) is 10.6 Å². The Balaban J connectivity index is 2.43. The largest absolute Gasteiger partial charge is 0.355 e. The lowest BCUT2D eigenvalue weighted by atomic mass is 9.80. The zero-order valence-electron chi connectivity index (χ0n) is 10.9. The van der Waals surface area contributed by atoms with Crippen LogP contribution in [0.5, 0.6) is 0 Å². The Hall–Kier alpha value is -0.570. The number of amides is 1. The minimum Gasteiger partial charge on any atom is -0.355 e. The van der Waals surface area contributed by atoms with Crippen LogP contribution < -0.4 is 10.6 Å². The first kappa shape index (κ1) is 13.5. The molecule has 0 aromatic rings. The monoisotopic (exact) mass is 226 g/mol. The molecule has 1 heterocycles. The van der Waals surface area contributed by atoms with Gasteiger partial charge in [0, 0.05) is 6.54 Å². The molecular formula is C13H26N2O. The van der Waals surface area contributed by atoms with Gasteiger partial charge in [0.05, 0.1) is 6.04 Å². The SMILES string of the molecule is CCCC(C)C1CCNC(C(=O)NCC)C1. The molecule has 0 saturated carbocycles. The maximum Gasteiger partial charge on any atom is 0.237 e. The van der Waals surface area contributed by atoms with Crippen LogP contribution in [0.4, 0.5) is 0 Å². The van der Waals surface area contributed by atoms with E-state index in [1.54, 1.807) is 0 Å². The van der Waals surface area contributed by atoms with Gasteiger partial charge in [-0.3, -0.25) is 4.79 Å². The maximum atomic E-state index is 11.8. The number of piperidine rings is 1. The summed E-state index contributed by atoms with van der Waals surface area (Å²) in [7, 11) is 0. The van der Waals surface area contributed by atoms with Gasteiger partial charge in [-0.25, -0.2) is 0 Å². The van der Waals surface area contributed by atoms with E-state index in [1.165, 1.54) is 19.3 Å². The van der Waals surface area contributed by atoms with E-state index in [0.717, 1.165) is 25.4 Å². The Kier molecular flexibility index (Phi) is 5.81. The van der Waals surface area contributed by atoms with Crippen molar-refractivity contribution in [2.45, 2.75) is 52.5 Å². The van der Waals surface area contributed by atoms with Crippen molar-refractivity contribution >= 4 is 5.91 Å². The number of hydrogen-bond donors (Lipinski definition) is 2. The van der Waals surface area contributed by atoms with E-state index in [2.05, 4.69) is 24.5 Å². The van der Waals surface area contributed by atoms with Gasteiger partial charge in [-0.05, 0) is 38.1 Å². The van der Waals surface area contributed by atoms with Gasteiger partial charge in [-0.1, -0.05) is 26.7 Å². The van der Waals surface area contributed by atoms with Crippen molar-refractivity contribution in [1.29, 1.82) is 0 Å². The lowest BCUT2D eigenvalue weighted by Crippen LogP contribution is -2.49. The molecule has 1 saturated heterocycles. The number of carbonyl (C=O) groups is 1. The molecule has 0 radical (unpaired) electrons. The number of rotatable bonds is 5. The molecule has 0 aromatic carbocycles. The molecule has 3 unspecified atom stereocenters. The zero-order valence-corrected chi connectivity index (χ0v) is 10.9. The first-order valence-corrected chi connectivity index (χ1v) is 6.70. The molecular weight excluding hydrogens is 200 g/mol. The molecule has 1 amide bonds. The fourth-order valence-corrected chi connectivity index (χ4v) is 2.65. The second-order valence-corrected chi connectivity index (χ2v) is 4.95. The number of carbonyl (C=O) groups excluding carboxylic acids is 1. The van der Waals surface area contributed by atoms with Gasteiger partial charge < -0.3 is 10.6 Å². The van der Waals surface area contributed by atoms with Gasteiger partial charge in [0.2, 0.25) is 5.91 Å². The van der Waals surface area contributed by atoms with Crippen LogP contribution in [0, 0.1) is 11.8 Å². The van der Waals surface area contributed by atoms with Gasteiger partial charge in [-0.2, -0.15) is 0 Å². The summed E-state index contributed by atoms with van der Waals surface area (Å²) in [5, 5.41) is 6.22. The number of hydrogen-bond acceptors (Lipinski definition) is 2. The van der Waals surface area contributed by atoms with E-state index in [9.17, 15) is 4.79 Å². The third-order valence-electron chi connectivity index (χ3n) is 3.66. The van der Waals surface area contributed by atoms with E-state index in [-0.39, 0.29) is 11.9 Å². The van der Waals surface area contributed by atoms with E-state index >= 15 is 0 Å². The first-order chi connectivity index (χ1) is 7.69. The molecule has 3 heteroatoms. The van der Waals surface area contributed by atoms with Crippen molar-refractivity contribution in [3.8, 4) is 0 Å². The highest BCUT2D eigenvalue weighted by molar-refractivity contribution is 5.81. The third-order valence-corrected chi connectivity index (χ3v) is 3.66. The van der Waals surface area contributed by atoms with Gasteiger partial charge in [0.15, 0.2) is 0 Å². The molecule has 3 atom stereocenters. The summed E-state index contributed by atoms with van der Waals surface area (Å²) in [6.07, 6.45) is 4.76. The van der Waals surface area contributed by atoms with Crippen LogP contribution in [0.3, 0.4) is 0 Å². The lowest BCUT2D eigenvalue weighted by Gasteiger charge is -2.33. The van der Waals surface area contributed by atoms with E-state index < -0.39 is 0 Å². The van der Waals surface area contributed by atoms with Crippen LogP contribution in [-0.4, -0.2) is 25.0 Å². The van der Waals surface area contributed by atoms with E-state index in [1.807, 2.05) is 6.92 Å². The fraction of sp³-hybridized carbons (Fsp3) is 0.923. The highest BCUT2D eigenvalue weighted by Gasteiger charge is 2.28. The van der Waals surface area contributed by atoms with Crippen LogP contribution in [0.1, 0.15) is 46.5 Å². The summed E-state index contributed by atoms with van der Waals surface area (Å²) < 4.78 is 0.